The van der Waals surface area contributed by atoms with E-state index in [9.17, 15) is 0 Å². The number of nitrogens with zero attached hydrogens (tertiary/aromatic N) is 3. The number of fused-ring (bicyclic) bond motifs is 7. The predicted octanol–water partition coefficient (Wildman–Crippen LogP) is 6.45. The molecule has 4 aromatic rings. The number of para-hydroxylation sites is 2. The maximum atomic E-state index is 6.32. The van der Waals surface area contributed by atoms with Crippen molar-refractivity contribution < 1.29 is 4.74 Å². The molecule has 2 heterocycles. The molecule has 0 amide bonds. The summed E-state index contributed by atoms with van der Waals surface area (Å²) in [6, 6.07) is 16.6. The predicted molar refractivity (Wildman–Crippen MR) is 124 cm³/mol. The normalized spacial score (nSPS) is 14.3. The van der Waals surface area contributed by atoms with Crippen molar-refractivity contribution in [1.29, 1.82) is 0 Å². The molecule has 30 heavy (non-hydrogen) atoms. The molecule has 0 spiro atoms. The molecule has 0 saturated carbocycles. The van der Waals surface area contributed by atoms with Crippen molar-refractivity contribution in [2.45, 2.75) is 52.0 Å². The fraction of sp³-hybridized carbons (Fsp3) is 0.385. The molecule has 0 atom stereocenters. The lowest BCUT2D eigenvalue weighted by Gasteiger charge is -2.30. The molecule has 4 nitrogen and oxygen atoms in total. The Balaban J connectivity index is 1.50. The van der Waals surface area contributed by atoms with Crippen LogP contribution in [0.25, 0.3) is 32.8 Å². The van der Waals surface area contributed by atoms with Crippen LogP contribution in [0.15, 0.2) is 48.5 Å². The Bertz CT molecular complexity index is 1190. The van der Waals surface area contributed by atoms with Gasteiger partial charge in [-0.3, -0.25) is 4.90 Å². The van der Waals surface area contributed by atoms with Crippen molar-refractivity contribution >= 4 is 32.8 Å². The highest BCUT2D eigenvalue weighted by molar-refractivity contribution is 6.10. The van der Waals surface area contributed by atoms with Crippen LogP contribution in [-0.2, 0) is 6.54 Å². The van der Waals surface area contributed by atoms with Gasteiger partial charge in [0.15, 0.2) is 0 Å². The lowest BCUT2D eigenvalue weighted by atomic mass is 10.0. The van der Waals surface area contributed by atoms with Gasteiger partial charge < -0.3 is 4.74 Å². The molecule has 0 radical (unpaired) electrons. The molecule has 1 aromatic heterocycles. The Morgan fingerprint density at radius 2 is 1.47 bits per heavy atom. The van der Waals surface area contributed by atoms with E-state index < -0.39 is 0 Å². The second-order valence-electron chi connectivity index (χ2n) is 8.36. The fourth-order valence-corrected chi connectivity index (χ4v) is 4.55. The van der Waals surface area contributed by atoms with Crippen LogP contribution in [0.4, 0.5) is 0 Å². The standard InChI is InChI=1S/C26H29N3O/c1-2-3-4-5-6-11-16-29-17-21-25-24(27-22-14-9-10-15-23(22)28-25)19-12-7-8-13-20(19)26(21)30-18-29/h7-10,12-15H,2-6,11,16-18H2,1H3. The molecule has 4 heteroatoms. The van der Waals surface area contributed by atoms with Gasteiger partial charge in [-0.2, -0.15) is 0 Å². The molecule has 154 valence electrons. The van der Waals surface area contributed by atoms with Gasteiger partial charge in [0.1, 0.15) is 12.5 Å². The highest BCUT2D eigenvalue weighted by Crippen LogP contribution is 2.39. The highest BCUT2D eigenvalue weighted by Gasteiger charge is 2.24. The molecule has 0 aliphatic carbocycles. The Morgan fingerprint density at radius 1 is 0.800 bits per heavy atom. The smallest absolute Gasteiger partial charge is 0.142 e. The van der Waals surface area contributed by atoms with Gasteiger partial charge in [0.2, 0.25) is 0 Å². The summed E-state index contributed by atoms with van der Waals surface area (Å²) in [5, 5.41) is 2.26. The molecular formula is C26H29N3O. The molecule has 0 N–H and O–H groups in total. The Morgan fingerprint density at radius 3 is 2.27 bits per heavy atom. The third-order valence-electron chi connectivity index (χ3n) is 6.16. The minimum Gasteiger partial charge on any atom is -0.477 e. The number of hydrogen-bond donors (Lipinski definition) is 0. The van der Waals surface area contributed by atoms with E-state index in [1.807, 2.05) is 24.3 Å². The first-order valence-corrected chi connectivity index (χ1v) is 11.3. The summed E-state index contributed by atoms with van der Waals surface area (Å²) in [7, 11) is 0. The summed E-state index contributed by atoms with van der Waals surface area (Å²) in [6.45, 7) is 4.86. The molecule has 0 unspecified atom stereocenters. The lowest BCUT2D eigenvalue weighted by molar-refractivity contribution is 0.0960. The molecule has 0 bridgehead atoms. The van der Waals surface area contributed by atoms with Crippen LogP contribution >= 0.6 is 0 Å². The average molecular weight is 400 g/mol. The van der Waals surface area contributed by atoms with E-state index in [0.717, 1.165) is 51.7 Å². The van der Waals surface area contributed by atoms with E-state index in [-0.39, 0.29) is 0 Å². The number of hydrogen-bond acceptors (Lipinski definition) is 4. The summed E-state index contributed by atoms with van der Waals surface area (Å²) in [6.07, 6.45) is 7.87. The van der Waals surface area contributed by atoms with E-state index >= 15 is 0 Å². The van der Waals surface area contributed by atoms with Crippen LogP contribution < -0.4 is 4.74 Å². The zero-order chi connectivity index (χ0) is 20.3. The second kappa shape index (κ2) is 8.57. The van der Waals surface area contributed by atoms with E-state index in [0.29, 0.717) is 6.73 Å². The summed E-state index contributed by atoms with van der Waals surface area (Å²) >= 11 is 0. The monoisotopic (exact) mass is 399 g/mol. The van der Waals surface area contributed by atoms with Gasteiger partial charge in [0, 0.05) is 29.4 Å². The lowest BCUT2D eigenvalue weighted by Crippen LogP contribution is -2.33. The number of rotatable bonds is 7. The zero-order valence-electron chi connectivity index (χ0n) is 17.7. The van der Waals surface area contributed by atoms with E-state index in [1.54, 1.807) is 0 Å². The van der Waals surface area contributed by atoms with Gasteiger partial charge in [-0.1, -0.05) is 75.4 Å². The minimum atomic E-state index is 0.651. The van der Waals surface area contributed by atoms with Crippen LogP contribution in [0, 0.1) is 0 Å². The Hall–Kier alpha value is -2.72. The highest BCUT2D eigenvalue weighted by atomic mass is 16.5. The fourth-order valence-electron chi connectivity index (χ4n) is 4.55. The number of benzene rings is 3. The molecule has 5 rings (SSSR count). The zero-order valence-corrected chi connectivity index (χ0v) is 17.7. The van der Waals surface area contributed by atoms with Crippen LogP contribution in [0.2, 0.25) is 0 Å². The first-order chi connectivity index (χ1) is 14.8. The van der Waals surface area contributed by atoms with Gasteiger partial charge in [-0.15, -0.1) is 0 Å². The SMILES string of the molecule is CCCCCCCCN1COc2c(c3nc4ccccc4nc3c3ccccc23)C1. The largest absolute Gasteiger partial charge is 0.477 e. The average Bonchev–Trinajstić information content (AvgIpc) is 2.80. The third kappa shape index (κ3) is 3.61. The molecule has 0 saturated heterocycles. The van der Waals surface area contributed by atoms with E-state index in [2.05, 4.69) is 36.1 Å². The summed E-state index contributed by atoms with van der Waals surface area (Å²) in [5.41, 5.74) is 5.02. The van der Waals surface area contributed by atoms with Gasteiger partial charge in [0.25, 0.3) is 0 Å². The van der Waals surface area contributed by atoms with Gasteiger partial charge in [0.05, 0.1) is 22.1 Å². The van der Waals surface area contributed by atoms with Crippen LogP contribution in [-0.4, -0.2) is 28.1 Å². The van der Waals surface area contributed by atoms with Crippen molar-refractivity contribution in [2.24, 2.45) is 0 Å². The van der Waals surface area contributed by atoms with Crippen molar-refractivity contribution in [3.05, 3.63) is 54.1 Å². The second-order valence-corrected chi connectivity index (χ2v) is 8.36. The van der Waals surface area contributed by atoms with Crippen molar-refractivity contribution in [1.82, 2.24) is 14.9 Å². The Labute approximate surface area is 177 Å². The molecular weight excluding hydrogens is 370 g/mol. The van der Waals surface area contributed by atoms with Crippen molar-refractivity contribution in [3.63, 3.8) is 0 Å². The van der Waals surface area contributed by atoms with Crippen LogP contribution in [0.1, 0.15) is 51.0 Å². The number of aromatic nitrogens is 2. The Kier molecular flexibility index (Phi) is 5.50. The number of ether oxygens (including phenoxy) is 1. The topological polar surface area (TPSA) is 38.2 Å². The summed E-state index contributed by atoms with van der Waals surface area (Å²) < 4.78 is 6.32. The van der Waals surface area contributed by atoms with Crippen LogP contribution in [0.3, 0.4) is 0 Å². The van der Waals surface area contributed by atoms with Gasteiger partial charge in [-0.25, -0.2) is 9.97 Å². The molecule has 1 aliphatic rings. The molecule has 3 aromatic carbocycles. The van der Waals surface area contributed by atoms with Gasteiger partial charge >= 0.3 is 0 Å². The van der Waals surface area contributed by atoms with E-state index in [4.69, 9.17) is 14.7 Å². The maximum Gasteiger partial charge on any atom is 0.142 e. The third-order valence-corrected chi connectivity index (χ3v) is 6.16. The van der Waals surface area contributed by atoms with Crippen LogP contribution in [0.5, 0.6) is 5.75 Å². The minimum absolute atomic E-state index is 0.651. The van der Waals surface area contributed by atoms with E-state index in [1.165, 1.54) is 44.1 Å². The summed E-state index contributed by atoms with van der Waals surface area (Å²) in [5.74, 6) is 0.988. The molecule has 1 aliphatic heterocycles. The van der Waals surface area contributed by atoms with Crippen molar-refractivity contribution in [2.75, 3.05) is 13.3 Å². The first kappa shape index (κ1) is 19.3. The quantitative estimate of drug-likeness (QED) is 0.203. The van der Waals surface area contributed by atoms with Crippen molar-refractivity contribution in [3.8, 4) is 5.75 Å². The first-order valence-electron chi connectivity index (χ1n) is 11.3. The maximum absolute atomic E-state index is 6.32. The molecule has 0 fully saturated rings. The van der Waals surface area contributed by atoms with Gasteiger partial charge in [-0.05, 0) is 18.6 Å². The number of unbranched alkanes of at least 4 members (excludes halogenated alkanes) is 5. The summed E-state index contributed by atoms with van der Waals surface area (Å²) in [4.78, 5) is 12.5.